The van der Waals surface area contributed by atoms with Gasteiger partial charge in [-0.05, 0) is 31.2 Å². The quantitative estimate of drug-likeness (QED) is 0.704. The molecule has 2 heterocycles. The van der Waals surface area contributed by atoms with Crippen molar-refractivity contribution < 1.29 is 4.57 Å². The van der Waals surface area contributed by atoms with Gasteiger partial charge in [-0.3, -0.25) is 0 Å². The molecule has 0 radical (unpaired) electrons. The Labute approximate surface area is 110 Å². The number of imidazole rings is 1. The number of H-pyrrole nitrogens is 1. The molecule has 1 aromatic carbocycles. The van der Waals surface area contributed by atoms with Gasteiger partial charge in [-0.25, -0.2) is 9.55 Å². The third-order valence-electron chi connectivity index (χ3n) is 2.94. The molecule has 0 atom stereocenters. The zero-order valence-electron chi connectivity index (χ0n) is 10.0. The first-order valence-electron chi connectivity index (χ1n) is 5.91. The van der Waals surface area contributed by atoms with Gasteiger partial charge in [0.1, 0.15) is 12.4 Å². The highest BCUT2D eigenvalue weighted by atomic mass is 35.5. The lowest BCUT2D eigenvalue weighted by Crippen LogP contribution is -2.30. The number of fused-ring (bicyclic) bond motifs is 1. The van der Waals surface area contributed by atoms with Crippen LogP contribution in [0.3, 0.4) is 0 Å². The summed E-state index contributed by atoms with van der Waals surface area (Å²) in [6.07, 6.45) is 4.13. The van der Waals surface area contributed by atoms with E-state index in [2.05, 4.69) is 27.7 Å². The van der Waals surface area contributed by atoms with Crippen LogP contribution < -0.4 is 4.57 Å². The molecule has 3 aromatic rings. The van der Waals surface area contributed by atoms with Crippen molar-refractivity contribution in [3.05, 3.63) is 47.7 Å². The number of benzene rings is 1. The van der Waals surface area contributed by atoms with Crippen LogP contribution in [-0.2, 0) is 6.54 Å². The van der Waals surface area contributed by atoms with Crippen LogP contribution in [0, 0.1) is 0 Å². The number of rotatable bonds is 2. The van der Waals surface area contributed by atoms with E-state index in [-0.39, 0.29) is 0 Å². The van der Waals surface area contributed by atoms with Crippen molar-refractivity contribution in [3.8, 4) is 11.4 Å². The molecule has 0 fully saturated rings. The zero-order chi connectivity index (χ0) is 12.5. The SMILES string of the molecule is CC[n+]1cccc(-c2nc3ccc(Cl)cc3[nH]2)c1. The van der Waals surface area contributed by atoms with E-state index >= 15 is 0 Å². The summed E-state index contributed by atoms with van der Waals surface area (Å²) in [5, 5.41) is 0.717. The Morgan fingerprint density at radius 2 is 2.22 bits per heavy atom. The van der Waals surface area contributed by atoms with E-state index in [9.17, 15) is 0 Å². The molecule has 0 amide bonds. The number of hydrogen-bond donors (Lipinski definition) is 1. The van der Waals surface area contributed by atoms with Crippen LogP contribution in [0.1, 0.15) is 6.92 Å². The third-order valence-corrected chi connectivity index (χ3v) is 3.18. The van der Waals surface area contributed by atoms with Gasteiger partial charge in [0.2, 0.25) is 0 Å². The van der Waals surface area contributed by atoms with Gasteiger partial charge in [-0.1, -0.05) is 11.6 Å². The molecule has 3 rings (SSSR count). The molecule has 18 heavy (non-hydrogen) atoms. The summed E-state index contributed by atoms with van der Waals surface area (Å²) in [7, 11) is 0. The van der Waals surface area contributed by atoms with Gasteiger partial charge in [0.25, 0.3) is 0 Å². The number of nitrogens with one attached hydrogen (secondary N) is 1. The Kier molecular flexibility index (Phi) is 2.76. The normalized spacial score (nSPS) is 11.0. The van der Waals surface area contributed by atoms with Gasteiger partial charge in [0.15, 0.2) is 12.4 Å². The maximum atomic E-state index is 5.97. The average molecular weight is 259 g/mol. The van der Waals surface area contributed by atoms with Crippen LogP contribution in [0.2, 0.25) is 5.02 Å². The van der Waals surface area contributed by atoms with E-state index in [0.29, 0.717) is 0 Å². The Morgan fingerprint density at radius 3 is 3.06 bits per heavy atom. The lowest BCUT2D eigenvalue weighted by Gasteiger charge is -1.95. The number of aromatic amines is 1. The first-order valence-corrected chi connectivity index (χ1v) is 6.29. The van der Waals surface area contributed by atoms with Gasteiger partial charge in [0.05, 0.1) is 16.6 Å². The van der Waals surface area contributed by atoms with E-state index in [0.717, 1.165) is 34.0 Å². The summed E-state index contributed by atoms with van der Waals surface area (Å²) in [4.78, 5) is 7.87. The van der Waals surface area contributed by atoms with Crippen LogP contribution in [0.4, 0.5) is 0 Å². The van der Waals surface area contributed by atoms with E-state index in [1.54, 1.807) is 0 Å². The highest BCUT2D eigenvalue weighted by molar-refractivity contribution is 6.31. The number of aromatic nitrogens is 3. The molecular formula is C14H13ClN3+. The molecule has 2 aromatic heterocycles. The summed E-state index contributed by atoms with van der Waals surface area (Å²) in [6, 6.07) is 9.74. The van der Waals surface area contributed by atoms with Crippen LogP contribution in [0.15, 0.2) is 42.7 Å². The smallest absolute Gasteiger partial charge is 0.179 e. The minimum absolute atomic E-state index is 0.717. The van der Waals surface area contributed by atoms with Gasteiger partial charge >= 0.3 is 0 Å². The summed E-state index contributed by atoms with van der Waals surface area (Å²) >= 11 is 5.97. The molecule has 0 saturated heterocycles. The van der Waals surface area contributed by atoms with Gasteiger partial charge in [-0.15, -0.1) is 0 Å². The third kappa shape index (κ3) is 1.97. The molecule has 1 N–H and O–H groups in total. The van der Waals surface area contributed by atoms with Crippen molar-refractivity contribution >= 4 is 22.6 Å². The maximum absolute atomic E-state index is 5.97. The second-order valence-electron chi connectivity index (χ2n) is 4.17. The molecule has 0 aliphatic heterocycles. The summed E-state index contributed by atoms with van der Waals surface area (Å²) in [5.74, 6) is 0.870. The topological polar surface area (TPSA) is 32.6 Å². The van der Waals surface area contributed by atoms with Crippen LogP contribution in [0.5, 0.6) is 0 Å². The molecule has 3 nitrogen and oxygen atoms in total. The molecule has 4 heteroatoms. The van der Waals surface area contributed by atoms with Crippen molar-refractivity contribution in [3.63, 3.8) is 0 Å². The van der Waals surface area contributed by atoms with Crippen LogP contribution in [-0.4, -0.2) is 9.97 Å². The molecule has 0 spiro atoms. The van der Waals surface area contributed by atoms with Crippen molar-refractivity contribution in [2.45, 2.75) is 13.5 Å². The van der Waals surface area contributed by atoms with Crippen LogP contribution in [0.25, 0.3) is 22.4 Å². The highest BCUT2D eigenvalue weighted by Gasteiger charge is 2.08. The number of hydrogen-bond acceptors (Lipinski definition) is 1. The van der Waals surface area contributed by atoms with Crippen molar-refractivity contribution in [2.24, 2.45) is 0 Å². The number of aryl methyl sites for hydroxylation is 1. The van der Waals surface area contributed by atoms with Gasteiger partial charge < -0.3 is 4.98 Å². The monoisotopic (exact) mass is 258 g/mol. The minimum Gasteiger partial charge on any atom is -0.338 e. The standard InChI is InChI=1S/C14H13ClN3/c1-2-18-7-3-4-10(9-18)14-16-12-6-5-11(15)8-13(12)17-14/h3-9H,2H2,1H3,(H,16,17)/q+1. The molecule has 0 aliphatic carbocycles. The molecule has 0 bridgehead atoms. The summed E-state index contributed by atoms with van der Waals surface area (Å²) < 4.78 is 2.12. The van der Waals surface area contributed by atoms with E-state index in [1.807, 2.05) is 36.5 Å². The van der Waals surface area contributed by atoms with E-state index in [1.165, 1.54) is 0 Å². The number of pyridine rings is 1. The Hall–Kier alpha value is -1.87. The maximum Gasteiger partial charge on any atom is 0.179 e. The Balaban J connectivity index is 2.13. The summed E-state index contributed by atoms with van der Waals surface area (Å²) in [6.45, 7) is 3.06. The Morgan fingerprint density at radius 1 is 1.33 bits per heavy atom. The van der Waals surface area contributed by atoms with Gasteiger partial charge in [0, 0.05) is 11.1 Å². The first kappa shape index (κ1) is 11.2. The molecule has 0 unspecified atom stereocenters. The lowest BCUT2D eigenvalue weighted by atomic mass is 10.3. The molecule has 0 saturated carbocycles. The second-order valence-corrected chi connectivity index (χ2v) is 4.61. The number of halogens is 1. The predicted octanol–water partition coefficient (Wildman–Crippen LogP) is 3.19. The fourth-order valence-corrected chi connectivity index (χ4v) is 2.15. The molecular weight excluding hydrogens is 246 g/mol. The minimum atomic E-state index is 0.717. The fourth-order valence-electron chi connectivity index (χ4n) is 1.98. The molecule has 0 aliphatic rings. The van der Waals surface area contributed by atoms with Crippen molar-refractivity contribution in [2.75, 3.05) is 0 Å². The van der Waals surface area contributed by atoms with Crippen LogP contribution >= 0.6 is 11.6 Å². The molecule has 90 valence electrons. The summed E-state index contributed by atoms with van der Waals surface area (Å²) in [5.41, 5.74) is 2.97. The second kappa shape index (κ2) is 4.42. The number of nitrogens with zero attached hydrogens (tertiary/aromatic N) is 2. The van der Waals surface area contributed by atoms with E-state index < -0.39 is 0 Å². The van der Waals surface area contributed by atoms with Crippen molar-refractivity contribution in [1.29, 1.82) is 0 Å². The predicted molar refractivity (Wildman–Crippen MR) is 72.4 cm³/mol. The van der Waals surface area contributed by atoms with Gasteiger partial charge in [-0.2, -0.15) is 0 Å². The fraction of sp³-hybridized carbons (Fsp3) is 0.143. The van der Waals surface area contributed by atoms with Crippen molar-refractivity contribution in [1.82, 2.24) is 9.97 Å². The highest BCUT2D eigenvalue weighted by Crippen LogP contribution is 2.21. The lowest BCUT2D eigenvalue weighted by molar-refractivity contribution is -0.693. The first-order chi connectivity index (χ1) is 8.76. The largest absolute Gasteiger partial charge is 0.338 e. The Bertz CT molecular complexity index is 703. The zero-order valence-corrected chi connectivity index (χ0v) is 10.8. The average Bonchev–Trinajstić information content (AvgIpc) is 2.81. The van der Waals surface area contributed by atoms with E-state index in [4.69, 9.17) is 11.6 Å².